The van der Waals surface area contributed by atoms with Gasteiger partial charge in [0, 0.05) is 25.0 Å². The van der Waals surface area contributed by atoms with Crippen LogP contribution in [0.3, 0.4) is 0 Å². The number of amides is 1. The lowest BCUT2D eigenvalue weighted by molar-refractivity contribution is 0.0734. The topological polar surface area (TPSA) is 45.2 Å². The highest BCUT2D eigenvalue weighted by Gasteiger charge is 2.22. The quantitative estimate of drug-likeness (QED) is 0.743. The van der Waals surface area contributed by atoms with E-state index in [-0.39, 0.29) is 5.91 Å². The maximum atomic E-state index is 13.0. The van der Waals surface area contributed by atoms with Gasteiger partial charge in [0.05, 0.1) is 17.4 Å². The number of hydrogen-bond donors (Lipinski definition) is 1. The van der Waals surface area contributed by atoms with Gasteiger partial charge in [-0.15, -0.1) is 0 Å². The number of carbonyl (C=O) groups excluding carboxylic acids is 1. The maximum Gasteiger partial charge on any atom is 0.255 e. The molecule has 27 heavy (non-hydrogen) atoms. The molecular weight excluding hydrogens is 334 g/mol. The Morgan fingerprint density at radius 1 is 1.07 bits per heavy atom. The molecule has 0 atom stereocenters. The number of anilines is 2. The summed E-state index contributed by atoms with van der Waals surface area (Å²) >= 11 is 0. The van der Waals surface area contributed by atoms with Crippen molar-refractivity contribution in [3.8, 4) is 0 Å². The first-order valence-corrected chi connectivity index (χ1v) is 9.40. The molecule has 0 radical (unpaired) electrons. The summed E-state index contributed by atoms with van der Waals surface area (Å²) in [5.74, 6) is 0.0319. The van der Waals surface area contributed by atoms with Gasteiger partial charge in [-0.1, -0.05) is 49.4 Å². The zero-order valence-corrected chi connectivity index (χ0v) is 15.5. The Bertz CT molecular complexity index is 967. The first kappa shape index (κ1) is 17.3. The third-order valence-electron chi connectivity index (χ3n) is 5.08. The van der Waals surface area contributed by atoms with E-state index in [2.05, 4.69) is 47.6 Å². The van der Waals surface area contributed by atoms with Crippen molar-refractivity contribution in [2.75, 3.05) is 11.9 Å². The van der Waals surface area contributed by atoms with E-state index < -0.39 is 0 Å². The molecule has 0 fully saturated rings. The van der Waals surface area contributed by atoms with Crippen molar-refractivity contribution in [3.05, 3.63) is 89.2 Å². The fourth-order valence-electron chi connectivity index (χ4n) is 3.58. The molecule has 136 valence electrons. The van der Waals surface area contributed by atoms with Crippen LogP contribution in [0.5, 0.6) is 0 Å². The van der Waals surface area contributed by atoms with Crippen molar-refractivity contribution in [3.63, 3.8) is 0 Å². The summed E-state index contributed by atoms with van der Waals surface area (Å²) in [6.45, 7) is 3.53. The lowest BCUT2D eigenvalue weighted by Crippen LogP contribution is -2.36. The maximum absolute atomic E-state index is 13.0. The van der Waals surface area contributed by atoms with Gasteiger partial charge in [-0.3, -0.25) is 9.78 Å². The summed E-state index contributed by atoms with van der Waals surface area (Å²) in [5.41, 5.74) is 6.31. The van der Waals surface area contributed by atoms with E-state index in [1.54, 1.807) is 12.4 Å². The smallest absolute Gasteiger partial charge is 0.255 e. The summed E-state index contributed by atoms with van der Waals surface area (Å²) in [6, 6.07) is 18.4. The number of para-hydroxylation sites is 1. The summed E-state index contributed by atoms with van der Waals surface area (Å²) in [6.07, 6.45) is 5.26. The lowest BCUT2D eigenvalue weighted by atomic mass is 9.99. The normalized spacial score (nSPS) is 13.1. The van der Waals surface area contributed by atoms with Crippen LogP contribution in [0.4, 0.5) is 11.4 Å². The molecule has 0 unspecified atom stereocenters. The van der Waals surface area contributed by atoms with Crippen LogP contribution in [0.2, 0.25) is 0 Å². The minimum Gasteiger partial charge on any atom is -0.354 e. The monoisotopic (exact) mass is 357 g/mol. The van der Waals surface area contributed by atoms with E-state index >= 15 is 0 Å². The van der Waals surface area contributed by atoms with Crippen molar-refractivity contribution >= 4 is 17.3 Å². The Hall–Kier alpha value is -3.14. The van der Waals surface area contributed by atoms with Gasteiger partial charge in [-0.05, 0) is 41.7 Å². The highest BCUT2D eigenvalue weighted by Crippen LogP contribution is 2.23. The van der Waals surface area contributed by atoms with E-state index in [4.69, 9.17) is 0 Å². The molecule has 1 aromatic heterocycles. The number of benzene rings is 2. The van der Waals surface area contributed by atoms with Gasteiger partial charge >= 0.3 is 0 Å². The molecule has 1 aliphatic heterocycles. The number of nitrogens with zero attached hydrogens (tertiary/aromatic N) is 2. The number of pyridine rings is 1. The zero-order valence-electron chi connectivity index (χ0n) is 15.5. The fraction of sp³-hybridized carbons (Fsp3) is 0.217. The van der Waals surface area contributed by atoms with Crippen molar-refractivity contribution in [2.24, 2.45) is 0 Å². The number of hydrogen-bond acceptors (Lipinski definition) is 3. The van der Waals surface area contributed by atoms with Crippen LogP contribution in [0.15, 0.2) is 67.0 Å². The van der Waals surface area contributed by atoms with Crippen molar-refractivity contribution in [2.45, 2.75) is 26.3 Å². The zero-order chi connectivity index (χ0) is 18.6. The van der Waals surface area contributed by atoms with Crippen molar-refractivity contribution in [1.29, 1.82) is 0 Å². The highest BCUT2D eigenvalue weighted by atomic mass is 16.2. The van der Waals surface area contributed by atoms with Crippen LogP contribution in [0, 0.1) is 0 Å². The van der Waals surface area contributed by atoms with Gasteiger partial charge < -0.3 is 10.2 Å². The van der Waals surface area contributed by atoms with Crippen LogP contribution >= 0.6 is 0 Å². The number of carbonyl (C=O) groups is 1. The van der Waals surface area contributed by atoms with Gasteiger partial charge in [-0.2, -0.15) is 0 Å². The molecular formula is C23H23N3O. The second kappa shape index (κ2) is 7.62. The average Bonchev–Trinajstić information content (AvgIpc) is 2.73. The molecule has 1 amide bonds. The molecule has 2 aromatic carbocycles. The molecule has 0 saturated heterocycles. The predicted octanol–water partition coefficient (Wildman–Crippen LogP) is 4.59. The van der Waals surface area contributed by atoms with Crippen LogP contribution in [-0.2, 0) is 19.4 Å². The van der Waals surface area contributed by atoms with Gasteiger partial charge in [0.1, 0.15) is 0 Å². The van der Waals surface area contributed by atoms with Crippen LogP contribution < -0.4 is 5.32 Å². The summed E-state index contributed by atoms with van der Waals surface area (Å²) in [4.78, 5) is 19.2. The van der Waals surface area contributed by atoms with Gasteiger partial charge in [0.25, 0.3) is 5.91 Å². The second-order valence-corrected chi connectivity index (χ2v) is 6.84. The Labute approximate surface area is 159 Å². The molecule has 1 N–H and O–H groups in total. The summed E-state index contributed by atoms with van der Waals surface area (Å²) < 4.78 is 0. The second-order valence-electron chi connectivity index (χ2n) is 6.84. The largest absolute Gasteiger partial charge is 0.354 e. The first-order chi connectivity index (χ1) is 13.2. The van der Waals surface area contributed by atoms with Gasteiger partial charge in [0.15, 0.2) is 0 Å². The van der Waals surface area contributed by atoms with Gasteiger partial charge in [0.2, 0.25) is 0 Å². The molecule has 0 spiro atoms. The number of nitrogens with one attached hydrogen (secondary N) is 1. The summed E-state index contributed by atoms with van der Waals surface area (Å²) in [7, 11) is 0. The molecule has 3 aromatic rings. The number of fused-ring (bicyclic) bond motifs is 1. The minimum absolute atomic E-state index is 0.0319. The van der Waals surface area contributed by atoms with Crippen LogP contribution in [0.25, 0.3) is 0 Å². The van der Waals surface area contributed by atoms with Crippen LogP contribution in [0.1, 0.15) is 34.0 Å². The van der Waals surface area contributed by atoms with E-state index in [1.807, 2.05) is 29.2 Å². The van der Waals surface area contributed by atoms with Crippen molar-refractivity contribution in [1.82, 2.24) is 9.88 Å². The molecule has 0 saturated carbocycles. The Kier molecular flexibility index (Phi) is 4.88. The molecule has 4 nitrogen and oxygen atoms in total. The molecule has 2 heterocycles. The number of rotatable bonds is 4. The molecule has 1 aliphatic rings. The van der Waals surface area contributed by atoms with E-state index in [1.165, 1.54) is 16.7 Å². The van der Waals surface area contributed by atoms with Crippen molar-refractivity contribution < 1.29 is 4.79 Å². The lowest BCUT2D eigenvalue weighted by Gasteiger charge is -2.29. The third-order valence-corrected chi connectivity index (χ3v) is 5.08. The number of aryl methyl sites for hydroxylation is 1. The Morgan fingerprint density at radius 2 is 1.85 bits per heavy atom. The standard InChI is InChI=1S/C23H23N3O/c1-2-17-7-5-6-10-22(17)25-21-13-20(14-24-15-21)23(27)26-12-11-18-8-3-4-9-19(18)16-26/h3-10,13-15,25H,2,11-12,16H2,1H3. The fourth-order valence-corrected chi connectivity index (χ4v) is 3.58. The van der Waals surface area contributed by atoms with E-state index in [0.29, 0.717) is 12.1 Å². The predicted molar refractivity (Wildman–Crippen MR) is 108 cm³/mol. The minimum atomic E-state index is 0.0319. The molecule has 4 heteroatoms. The average molecular weight is 357 g/mol. The van der Waals surface area contributed by atoms with Crippen LogP contribution in [-0.4, -0.2) is 22.3 Å². The van der Waals surface area contributed by atoms with Gasteiger partial charge in [-0.25, -0.2) is 0 Å². The first-order valence-electron chi connectivity index (χ1n) is 9.40. The molecule has 0 aliphatic carbocycles. The Balaban J connectivity index is 1.53. The summed E-state index contributed by atoms with van der Waals surface area (Å²) in [5, 5.41) is 3.40. The van der Waals surface area contributed by atoms with E-state index in [9.17, 15) is 4.79 Å². The molecule has 0 bridgehead atoms. The highest BCUT2D eigenvalue weighted by molar-refractivity contribution is 5.95. The third kappa shape index (κ3) is 3.70. The molecule has 4 rings (SSSR count). The number of aromatic nitrogens is 1. The SMILES string of the molecule is CCc1ccccc1Nc1cncc(C(=O)N2CCc3ccccc3C2)c1. The Morgan fingerprint density at radius 3 is 2.70 bits per heavy atom. The van der Waals surface area contributed by atoms with E-state index in [0.717, 1.165) is 30.8 Å².